The third-order valence-corrected chi connectivity index (χ3v) is 2.65. The van der Waals surface area contributed by atoms with Gasteiger partial charge in [-0.25, -0.2) is 5.10 Å². The summed E-state index contributed by atoms with van der Waals surface area (Å²) in [4.78, 5) is 11.1. The molecule has 0 unspecified atom stereocenters. The molecule has 82 valence electrons. The summed E-state index contributed by atoms with van der Waals surface area (Å²) >= 11 is 0. The molecule has 0 bridgehead atoms. The maximum absolute atomic E-state index is 11.1. The van der Waals surface area contributed by atoms with Crippen LogP contribution in [0.25, 0.3) is 11.3 Å². The third-order valence-electron chi connectivity index (χ3n) is 2.65. The Kier molecular flexibility index (Phi) is 2.44. The number of aromatic nitrogens is 2. The van der Waals surface area contributed by atoms with E-state index in [-0.39, 0.29) is 18.0 Å². The first kappa shape index (κ1) is 10.7. The van der Waals surface area contributed by atoms with Crippen LogP contribution in [0.4, 0.5) is 5.69 Å². The molecule has 1 aromatic carbocycles. The van der Waals surface area contributed by atoms with Gasteiger partial charge in [0, 0.05) is 23.7 Å². The van der Waals surface area contributed by atoms with E-state index in [2.05, 4.69) is 10.2 Å². The number of nitrogen functional groups attached to an aromatic ring is 1. The molecule has 0 aliphatic heterocycles. The summed E-state index contributed by atoms with van der Waals surface area (Å²) in [5.74, 6) is 0. The molecular formula is C11H10ClN3O. The summed E-state index contributed by atoms with van der Waals surface area (Å²) in [6.07, 6.45) is 0.743. The lowest BCUT2D eigenvalue weighted by atomic mass is 10.1. The minimum absolute atomic E-state index is 0. The van der Waals surface area contributed by atoms with Gasteiger partial charge in [0.1, 0.15) is 0 Å². The van der Waals surface area contributed by atoms with Crippen LogP contribution in [0.3, 0.4) is 0 Å². The maximum Gasteiger partial charge on any atom is 0.264 e. The van der Waals surface area contributed by atoms with Crippen molar-refractivity contribution < 1.29 is 0 Å². The minimum atomic E-state index is -0.158. The fourth-order valence-electron chi connectivity index (χ4n) is 2.01. The number of hydrogen-bond donors (Lipinski definition) is 2. The number of aromatic amines is 1. The van der Waals surface area contributed by atoms with Crippen molar-refractivity contribution in [1.82, 2.24) is 10.2 Å². The van der Waals surface area contributed by atoms with Crippen LogP contribution in [-0.2, 0) is 6.42 Å². The topological polar surface area (TPSA) is 71.8 Å². The number of hydrogen-bond acceptors (Lipinski definition) is 3. The lowest BCUT2D eigenvalue weighted by Crippen LogP contribution is -2.07. The summed E-state index contributed by atoms with van der Waals surface area (Å²) in [6, 6.07) is 7.32. The molecule has 1 aliphatic rings. The van der Waals surface area contributed by atoms with Gasteiger partial charge < -0.3 is 5.73 Å². The molecule has 0 atom stereocenters. The van der Waals surface area contributed by atoms with Crippen LogP contribution in [0.5, 0.6) is 0 Å². The van der Waals surface area contributed by atoms with Crippen molar-refractivity contribution in [3.8, 4) is 11.3 Å². The van der Waals surface area contributed by atoms with Gasteiger partial charge in [-0.15, -0.1) is 12.4 Å². The molecule has 1 aliphatic carbocycles. The van der Waals surface area contributed by atoms with E-state index in [1.807, 2.05) is 18.2 Å². The second-order valence-corrected chi connectivity index (χ2v) is 3.70. The van der Waals surface area contributed by atoms with E-state index < -0.39 is 0 Å². The van der Waals surface area contributed by atoms with Crippen LogP contribution in [0.2, 0.25) is 0 Å². The Balaban J connectivity index is 0.000000963. The molecule has 3 rings (SSSR count). The van der Waals surface area contributed by atoms with Crippen molar-refractivity contribution in [3.05, 3.63) is 45.7 Å². The largest absolute Gasteiger partial charge is 0.399 e. The number of benzene rings is 1. The van der Waals surface area contributed by atoms with Crippen LogP contribution < -0.4 is 11.3 Å². The predicted molar refractivity (Wildman–Crippen MR) is 64.8 cm³/mol. The van der Waals surface area contributed by atoms with Gasteiger partial charge in [-0.1, -0.05) is 6.07 Å². The van der Waals surface area contributed by atoms with E-state index >= 15 is 0 Å². The zero-order valence-corrected chi connectivity index (χ0v) is 9.17. The number of nitrogens with two attached hydrogens (primary N) is 1. The lowest BCUT2D eigenvalue weighted by Gasteiger charge is -1.99. The van der Waals surface area contributed by atoms with Gasteiger partial charge in [-0.3, -0.25) is 4.79 Å². The van der Waals surface area contributed by atoms with Gasteiger partial charge in [0.25, 0.3) is 5.56 Å². The molecule has 0 radical (unpaired) electrons. The molecule has 0 amide bonds. The van der Waals surface area contributed by atoms with E-state index in [0.29, 0.717) is 0 Å². The van der Waals surface area contributed by atoms with Gasteiger partial charge in [-0.2, -0.15) is 5.10 Å². The molecule has 5 heteroatoms. The number of halogens is 1. The van der Waals surface area contributed by atoms with Gasteiger partial charge in [0.2, 0.25) is 0 Å². The Bertz CT molecular complexity index is 606. The van der Waals surface area contributed by atoms with E-state index in [1.165, 1.54) is 0 Å². The van der Waals surface area contributed by atoms with E-state index in [0.717, 1.165) is 34.5 Å². The van der Waals surface area contributed by atoms with Crippen molar-refractivity contribution in [3.63, 3.8) is 0 Å². The summed E-state index contributed by atoms with van der Waals surface area (Å²) in [7, 11) is 0. The average Bonchev–Trinajstić information content (AvgIpc) is 2.53. The molecule has 2 aromatic rings. The highest BCUT2D eigenvalue weighted by molar-refractivity contribution is 5.85. The molecule has 4 nitrogen and oxygen atoms in total. The first-order chi connectivity index (χ1) is 7.24. The number of nitrogens with zero attached hydrogens (tertiary/aromatic N) is 1. The summed E-state index contributed by atoms with van der Waals surface area (Å²) in [6.45, 7) is 0. The van der Waals surface area contributed by atoms with Gasteiger partial charge >= 0.3 is 0 Å². The molecule has 16 heavy (non-hydrogen) atoms. The summed E-state index contributed by atoms with van der Waals surface area (Å²) in [5.41, 5.74) is 10.3. The number of fused-ring (bicyclic) bond motifs is 3. The Morgan fingerprint density at radius 1 is 1.25 bits per heavy atom. The second kappa shape index (κ2) is 3.64. The van der Waals surface area contributed by atoms with E-state index in [9.17, 15) is 4.79 Å². The third kappa shape index (κ3) is 1.47. The van der Waals surface area contributed by atoms with Crippen molar-refractivity contribution in [1.29, 1.82) is 0 Å². The first-order valence-corrected chi connectivity index (χ1v) is 4.71. The zero-order chi connectivity index (χ0) is 10.4. The molecule has 0 spiro atoms. The smallest absolute Gasteiger partial charge is 0.264 e. The summed E-state index contributed by atoms with van der Waals surface area (Å²) < 4.78 is 0. The highest BCUT2D eigenvalue weighted by atomic mass is 35.5. The first-order valence-electron chi connectivity index (χ1n) is 4.71. The lowest BCUT2D eigenvalue weighted by molar-refractivity contribution is 0.983. The van der Waals surface area contributed by atoms with Crippen molar-refractivity contribution in [2.75, 3.05) is 5.73 Å². The normalized spacial score (nSPS) is 11.5. The van der Waals surface area contributed by atoms with Crippen LogP contribution in [-0.4, -0.2) is 10.2 Å². The Morgan fingerprint density at radius 2 is 2.06 bits per heavy atom. The molecule has 0 saturated carbocycles. The predicted octanol–water partition coefficient (Wildman–Crippen LogP) is 1.35. The van der Waals surface area contributed by atoms with Gasteiger partial charge in [-0.05, 0) is 23.3 Å². The minimum Gasteiger partial charge on any atom is -0.399 e. The van der Waals surface area contributed by atoms with Crippen LogP contribution in [0.15, 0.2) is 29.1 Å². The Hall–Kier alpha value is -1.81. The van der Waals surface area contributed by atoms with Crippen LogP contribution in [0.1, 0.15) is 11.1 Å². The average molecular weight is 236 g/mol. The van der Waals surface area contributed by atoms with Crippen molar-refractivity contribution >= 4 is 18.1 Å². The summed E-state index contributed by atoms with van der Waals surface area (Å²) in [5, 5.41) is 6.50. The molecule has 3 N–H and O–H groups in total. The standard InChI is InChI=1S/C11H9N3O.ClH/c12-8-1-2-9-6(4-8)3-7-5-10(15)13-14-11(7)9;/h1-2,4-5H,3,12H2,(H,13,15);1H. The van der Waals surface area contributed by atoms with Crippen molar-refractivity contribution in [2.45, 2.75) is 6.42 Å². The SMILES string of the molecule is Cl.Nc1ccc2c(c1)Cc1cc(=O)[nH]nc1-2. The van der Waals surface area contributed by atoms with Gasteiger partial charge in [0.05, 0.1) is 5.69 Å². The Morgan fingerprint density at radius 3 is 2.88 bits per heavy atom. The van der Waals surface area contributed by atoms with E-state index in [1.54, 1.807) is 6.07 Å². The van der Waals surface area contributed by atoms with Crippen LogP contribution in [0, 0.1) is 0 Å². The molecule has 1 aromatic heterocycles. The number of nitrogens with one attached hydrogen (secondary N) is 1. The fourth-order valence-corrected chi connectivity index (χ4v) is 2.01. The fraction of sp³-hybridized carbons (Fsp3) is 0.0909. The zero-order valence-electron chi connectivity index (χ0n) is 8.36. The van der Waals surface area contributed by atoms with Crippen molar-refractivity contribution in [2.24, 2.45) is 0 Å². The van der Waals surface area contributed by atoms with Gasteiger partial charge in [0.15, 0.2) is 0 Å². The number of H-pyrrole nitrogens is 1. The Labute approximate surface area is 97.9 Å². The molecule has 0 saturated heterocycles. The highest BCUT2D eigenvalue weighted by Gasteiger charge is 2.20. The quantitative estimate of drug-likeness (QED) is 0.578. The number of rotatable bonds is 0. The number of anilines is 1. The second-order valence-electron chi connectivity index (χ2n) is 3.70. The monoisotopic (exact) mass is 235 g/mol. The maximum atomic E-state index is 11.1. The van der Waals surface area contributed by atoms with Crippen LogP contribution >= 0.6 is 12.4 Å². The highest BCUT2D eigenvalue weighted by Crippen LogP contribution is 2.34. The molecule has 1 heterocycles. The van der Waals surface area contributed by atoms with E-state index in [4.69, 9.17) is 5.73 Å². The molecular weight excluding hydrogens is 226 g/mol. The molecule has 0 fully saturated rings.